The quantitative estimate of drug-likeness (QED) is 0.417. The van der Waals surface area contributed by atoms with Crippen molar-refractivity contribution in [2.24, 2.45) is 5.10 Å². The number of halogens is 2. The second kappa shape index (κ2) is 9.44. The van der Waals surface area contributed by atoms with E-state index in [9.17, 15) is 4.79 Å². The summed E-state index contributed by atoms with van der Waals surface area (Å²) in [5.74, 6) is 1.59. The molecule has 0 saturated carbocycles. The number of nitrogens with one attached hydrogen (secondary N) is 1. The fourth-order valence-electron chi connectivity index (χ4n) is 2.52. The highest BCUT2D eigenvalue weighted by atomic mass is 35.5. The minimum absolute atomic E-state index is 0.214. The third kappa shape index (κ3) is 5.38. The average Bonchev–Trinajstić information content (AvgIpc) is 3.14. The molecule has 0 aliphatic rings. The van der Waals surface area contributed by atoms with Gasteiger partial charge in [-0.2, -0.15) is 5.10 Å². The lowest BCUT2D eigenvalue weighted by molar-refractivity contribution is -0.120. The minimum atomic E-state index is -0.231. The molecule has 2 aromatic carbocycles. The molecule has 28 heavy (non-hydrogen) atoms. The van der Waals surface area contributed by atoms with E-state index in [2.05, 4.69) is 10.5 Å². The first-order valence-corrected chi connectivity index (χ1v) is 9.39. The number of hydrazone groups is 1. The third-order valence-corrected chi connectivity index (χ3v) is 4.37. The van der Waals surface area contributed by atoms with Crippen LogP contribution < -0.4 is 10.2 Å². The number of furan rings is 1. The SMILES string of the molecule is CCOc1ccc(CC(=O)N/N=C\c2ccc(-c3cc(Cl)ccc3Cl)o2)cc1. The summed E-state index contributed by atoms with van der Waals surface area (Å²) in [6.45, 7) is 2.53. The van der Waals surface area contributed by atoms with Gasteiger partial charge in [0.1, 0.15) is 17.3 Å². The highest BCUT2D eigenvalue weighted by Gasteiger charge is 2.09. The maximum atomic E-state index is 12.0. The zero-order valence-electron chi connectivity index (χ0n) is 15.1. The van der Waals surface area contributed by atoms with E-state index in [0.29, 0.717) is 33.7 Å². The fraction of sp³-hybridized carbons (Fsp3) is 0.143. The molecule has 3 aromatic rings. The Morgan fingerprint density at radius 1 is 1.14 bits per heavy atom. The van der Waals surface area contributed by atoms with Gasteiger partial charge in [0.15, 0.2) is 0 Å². The average molecular weight is 417 g/mol. The van der Waals surface area contributed by atoms with E-state index in [1.807, 2.05) is 31.2 Å². The standard InChI is InChI=1S/C21H18Cl2N2O3/c1-2-27-16-6-3-14(4-7-16)11-21(26)25-24-13-17-8-10-20(28-17)18-12-15(22)5-9-19(18)23/h3-10,12-13H,2,11H2,1H3,(H,25,26)/b24-13-. The van der Waals surface area contributed by atoms with Gasteiger partial charge < -0.3 is 9.15 Å². The van der Waals surface area contributed by atoms with Crippen molar-refractivity contribution in [1.29, 1.82) is 0 Å². The molecule has 0 atom stereocenters. The van der Waals surface area contributed by atoms with Crippen molar-refractivity contribution in [2.45, 2.75) is 13.3 Å². The van der Waals surface area contributed by atoms with Crippen molar-refractivity contribution in [1.82, 2.24) is 5.43 Å². The molecule has 0 aliphatic heterocycles. The molecule has 144 valence electrons. The van der Waals surface area contributed by atoms with Gasteiger partial charge in [0.2, 0.25) is 5.91 Å². The van der Waals surface area contributed by atoms with Gasteiger partial charge in [-0.1, -0.05) is 35.3 Å². The lowest BCUT2D eigenvalue weighted by Gasteiger charge is -2.04. The summed E-state index contributed by atoms with van der Waals surface area (Å²) in [6.07, 6.45) is 1.64. The van der Waals surface area contributed by atoms with Crippen LogP contribution in [0.4, 0.5) is 0 Å². The number of nitrogens with zero attached hydrogens (tertiary/aromatic N) is 1. The molecule has 1 N–H and O–H groups in total. The van der Waals surface area contributed by atoms with Gasteiger partial charge in [-0.3, -0.25) is 4.79 Å². The first-order valence-electron chi connectivity index (χ1n) is 8.64. The second-order valence-corrected chi connectivity index (χ2v) is 6.72. The van der Waals surface area contributed by atoms with E-state index in [1.54, 1.807) is 30.3 Å². The van der Waals surface area contributed by atoms with Gasteiger partial charge >= 0.3 is 0 Å². The van der Waals surface area contributed by atoms with Crippen LogP contribution in [0.3, 0.4) is 0 Å². The first kappa shape index (κ1) is 20.0. The monoisotopic (exact) mass is 416 g/mol. The largest absolute Gasteiger partial charge is 0.494 e. The molecular weight excluding hydrogens is 399 g/mol. The molecule has 0 fully saturated rings. The zero-order valence-corrected chi connectivity index (χ0v) is 16.6. The van der Waals surface area contributed by atoms with Crippen LogP contribution in [-0.4, -0.2) is 18.7 Å². The van der Waals surface area contributed by atoms with Crippen LogP contribution in [-0.2, 0) is 11.2 Å². The molecule has 5 nitrogen and oxygen atoms in total. The Labute approximate surface area is 172 Å². The number of rotatable bonds is 7. The van der Waals surface area contributed by atoms with Crippen LogP contribution in [0.15, 0.2) is 64.1 Å². The molecule has 1 aromatic heterocycles. The third-order valence-electron chi connectivity index (χ3n) is 3.80. The van der Waals surface area contributed by atoms with Crippen LogP contribution in [0, 0.1) is 0 Å². The molecule has 0 spiro atoms. The van der Waals surface area contributed by atoms with Gasteiger partial charge in [-0.05, 0) is 55.0 Å². The van der Waals surface area contributed by atoms with Crippen molar-refractivity contribution in [3.8, 4) is 17.1 Å². The van der Waals surface area contributed by atoms with Crippen molar-refractivity contribution < 1.29 is 13.9 Å². The van der Waals surface area contributed by atoms with Crippen LogP contribution in [0.25, 0.3) is 11.3 Å². The molecule has 0 saturated heterocycles. The molecule has 3 rings (SSSR count). The topological polar surface area (TPSA) is 63.8 Å². The molecule has 7 heteroatoms. The number of hydrogen-bond acceptors (Lipinski definition) is 4. The number of benzene rings is 2. The molecule has 0 unspecified atom stereocenters. The molecule has 0 radical (unpaired) electrons. The summed E-state index contributed by atoms with van der Waals surface area (Å²) in [5.41, 5.74) is 4.04. The Morgan fingerprint density at radius 2 is 1.93 bits per heavy atom. The van der Waals surface area contributed by atoms with Gasteiger partial charge in [-0.25, -0.2) is 5.43 Å². The van der Waals surface area contributed by atoms with E-state index in [-0.39, 0.29) is 12.3 Å². The van der Waals surface area contributed by atoms with E-state index >= 15 is 0 Å². The van der Waals surface area contributed by atoms with Crippen LogP contribution >= 0.6 is 23.2 Å². The number of hydrogen-bond donors (Lipinski definition) is 1. The highest BCUT2D eigenvalue weighted by molar-refractivity contribution is 6.35. The van der Waals surface area contributed by atoms with Crippen molar-refractivity contribution in [3.05, 3.63) is 76.0 Å². The summed E-state index contributed by atoms with van der Waals surface area (Å²) in [6, 6.07) is 16.0. The van der Waals surface area contributed by atoms with Crippen molar-refractivity contribution >= 4 is 35.3 Å². The predicted octanol–water partition coefficient (Wildman–Crippen LogP) is 5.34. The van der Waals surface area contributed by atoms with Crippen LogP contribution in [0.1, 0.15) is 18.2 Å². The molecule has 1 amide bonds. The minimum Gasteiger partial charge on any atom is -0.494 e. The van der Waals surface area contributed by atoms with E-state index in [4.69, 9.17) is 32.4 Å². The van der Waals surface area contributed by atoms with Gasteiger partial charge in [0, 0.05) is 10.6 Å². The summed E-state index contributed by atoms with van der Waals surface area (Å²) in [7, 11) is 0. The Morgan fingerprint density at radius 3 is 2.68 bits per heavy atom. The normalized spacial score (nSPS) is 11.0. The Balaban J connectivity index is 1.56. The first-order chi connectivity index (χ1) is 13.5. The van der Waals surface area contributed by atoms with E-state index in [0.717, 1.165) is 11.3 Å². The summed E-state index contributed by atoms with van der Waals surface area (Å²) in [5, 5.41) is 5.03. The highest BCUT2D eigenvalue weighted by Crippen LogP contribution is 2.31. The van der Waals surface area contributed by atoms with Crippen molar-refractivity contribution in [3.63, 3.8) is 0 Å². The fourth-order valence-corrected chi connectivity index (χ4v) is 2.90. The zero-order chi connectivity index (χ0) is 19.9. The summed E-state index contributed by atoms with van der Waals surface area (Å²) >= 11 is 12.2. The molecule has 0 bridgehead atoms. The summed E-state index contributed by atoms with van der Waals surface area (Å²) < 4.78 is 11.1. The maximum absolute atomic E-state index is 12.0. The summed E-state index contributed by atoms with van der Waals surface area (Å²) in [4.78, 5) is 12.0. The van der Waals surface area contributed by atoms with Crippen molar-refractivity contribution in [2.75, 3.05) is 6.61 Å². The number of ether oxygens (including phenoxy) is 1. The van der Waals surface area contributed by atoms with Crippen LogP contribution in [0.2, 0.25) is 10.0 Å². The number of amides is 1. The van der Waals surface area contributed by atoms with Crippen LogP contribution in [0.5, 0.6) is 5.75 Å². The lowest BCUT2D eigenvalue weighted by Crippen LogP contribution is -2.19. The van der Waals surface area contributed by atoms with Gasteiger partial charge in [-0.15, -0.1) is 0 Å². The maximum Gasteiger partial charge on any atom is 0.244 e. The number of carbonyl (C=O) groups is 1. The molecule has 1 heterocycles. The molecule has 0 aliphatic carbocycles. The Hall–Kier alpha value is -2.76. The van der Waals surface area contributed by atoms with Gasteiger partial charge in [0.25, 0.3) is 0 Å². The second-order valence-electron chi connectivity index (χ2n) is 5.87. The lowest BCUT2D eigenvalue weighted by atomic mass is 10.1. The molecular formula is C21H18Cl2N2O3. The van der Waals surface area contributed by atoms with E-state index in [1.165, 1.54) is 6.21 Å². The Kier molecular flexibility index (Phi) is 6.74. The van der Waals surface area contributed by atoms with E-state index < -0.39 is 0 Å². The van der Waals surface area contributed by atoms with Gasteiger partial charge in [0.05, 0.1) is 24.3 Å². The Bertz CT molecular complexity index is 982. The smallest absolute Gasteiger partial charge is 0.244 e. The predicted molar refractivity (Wildman–Crippen MR) is 111 cm³/mol. The number of carbonyl (C=O) groups excluding carboxylic acids is 1.